The molecule has 0 bridgehead atoms. The molecule has 1 aromatic carbocycles. The van der Waals surface area contributed by atoms with E-state index in [1.807, 2.05) is 24.3 Å². The summed E-state index contributed by atoms with van der Waals surface area (Å²) in [6, 6.07) is 7.56. The lowest BCUT2D eigenvalue weighted by Gasteiger charge is -2.05. The highest BCUT2D eigenvalue weighted by Gasteiger charge is 2.26. The molecule has 2 heterocycles. The van der Waals surface area contributed by atoms with Gasteiger partial charge in [-0.2, -0.15) is 0 Å². The summed E-state index contributed by atoms with van der Waals surface area (Å²) in [5.41, 5.74) is 2.25. The molecule has 0 spiro atoms. The molecular formula is C18H17N3O5S2. The number of thioether (sulfide) groups is 1. The summed E-state index contributed by atoms with van der Waals surface area (Å²) in [6.07, 6.45) is 0. The number of carbonyl (C=O) groups excluding carboxylic acids is 3. The fourth-order valence-electron chi connectivity index (χ4n) is 2.53. The second kappa shape index (κ2) is 8.44. The van der Waals surface area contributed by atoms with Crippen LogP contribution < -0.4 is 5.32 Å². The fraction of sp³-hybridized carbons (Fsp3) is 0.222. The number of aromatic amines is 1. The van der Waals surface area contributed by atoms with E-state index < -0.39 is 11.9 Å². The number of fused-ring (bicyclic) bond motifs is 1. The number of H-pyrrole nitrogens is 1. The van der Waals surface area contributed by atoms with Crippen molar-refractivity contribution in [1.29, 1.82) is 0 Å². The minimum absolute atomic E-state index is 0.0743. The van der Waals surface area contributed by atoms with Crippen LogP contribution in [0.3, 0.4) is 0 Å². The molecule has 0 radical (unpaired) electrons. The SMILES string of the molecule is COC(=O)c1sc(NC(=O)CSc2nc3ccccc3[nH]2)c(C(=O)OC)c1C. The van der Waals surface area contributed by atoms with Gasteiger partial charge in [-0.05, 0) is 24.6 Å². The molecule has 1 amide bonds. The number of hydrogen-bond donors (Lipinski definition) is 2. The minimum atomic E-state index is -0.635. The lowest BCUT2D eigenvalue weighted by atomic mass is 10.1. The first kappa shape index (κ1) is 19.9. The first-order valence-corrected chi connectivity index (χ1v) is 9.92. The van der Waals surface area contributed by atoms with Crippen molar-refractivity contribution in [1.82, 2.24) is 9.97 Å². The van der Waals surface area contributed by atoms with Crippen LogP contribution in [-0.2, 0) is 14.3 Å². The number of aromatic nitrogens is 2. The van der Waals surface area contributed by atoms with Crippen LogP contribution in [0.1, 0.15) is 25.6 Å². The van der Waals surface area contributed by atoms with Gasteiger partial charge in [0.1, 0.15) is 9.88 Å². The number of thiophene rings is 1. The predicted molar refractivity (Wildman–Crippen MR) is 107 cm³/mol. The van der Waals surface area contributed by atoms with Crippen LogP contribution >= 0.6 is 23.1 Å². The van der Waals surface area contributed by atoms with Crippen LogP contribution in [0.25, 0.3) is 11.0 Å². The van der Waals surface area contributed by atoms with Crippen molar-refractivity contribution in [3.05, 3.63) is 40.3 Å². The maximum atomic E-state index is 12.4. The molecule has 0 saturated heterocycles. The number of para-hydroxylation sites is 2. The Morgan fingerprint density at radius 1 is 1.18 bits per heavy atom. The predicted octanol–water partition coefficient (Wildman–Crippen LogP) is 3.24. The molecule has 146 valence electrons. The quantitative estimate of drug-likeness (QED) is 0.466. The fourth-order valence-corrected chi connectivity index (χ4v) is 4.35. The van der Waals surface area contributed by atoms with Crippen molar-refractivity contribution in [3.8, 4) is 0 Å². The smallest absolute Gasteiger partial charge is 0.348 e. The minimum Gasteiger partial charge on any atom is -0.465 e. The topological polar surface area (TPSA) is 110 Å². The van der Waals surface area contributed by atoms with E-state index in [1.54, 1.807) is 6.92 Å². The monoisotopic (exact) mass is 419 g/mol. The second-order valence-electron chi connectivity index (χ2n) is 5.64. The Balaban J connectivity index is 1.75. The second-order valence-corrected chi connectivity index (χ2v) is 7.62. The Kier molecular flexibility index (Phi) is 6.00. The molecule has 3 rings (SSSR count). The summed E-state index contributed by atoms with van der Waals surface area (Å²) < 4.78 is 9.50. The van der Waals surface area contributed by atoms with Crippen LogP contribution in [-0.4, -0.2) is 47.8 Å². The van der Waals surface area contributed by atoms with Gasteiger partial charge in [-0.3, -0.25) is 4.79 Å². The highest BCUT2D eigenvalue weighted by molar-refractivity contribution is 7.99. The number of rotatable bonds is 6. The maximum absolute atomic E-state index is 12.4. The van der Waals surface area contributed by atoms with E-state index in [0.717, 1.165) is 22.4 Å². The Bertz CT molecular complexity index is 1020. The standard InChI is InChI=1S/C18H17N3O5S2/c1-9-13(16(23)25-2)15(28-14(9)17(24)26-3)21-12(22)8-27-18-19-10-6-4-5-7-11(10)20-18/h4-7H,8H2,1-3H3,(H,19,20)(H,21,22). The van der Waals surface area contributed by atoms with Gasteiger partial charge in [0.25, 0.3) is 0 Å². The van der Waals surface area contributed by atoms with Gasteiger partial charge in [0.15, 0.2) is 5.16 Å². The van der Waals surface area contributed by atoms with Crippen molar-refractivity contribution >= 4 is 57.0 Å². The molecule has 0 aliphatic heterocycles. The third-order valence-corrected chi connectivity index (χ3v) is 5.93. The van der Waals surface area contributed by atoms with Crippen LogP contribution in [0, 0.1) is 6.92 Å². The summed E-state index contributed by atoms with van der Waals surface area (Å²) in [4.78, 5) is 44.2. The average molecular weight is 419 g/mol. The average Bonchev–Trinajstić information content (AvgIpc) is 3.25. The number of carbonyl (C=O) groups is 3. The summed E-state index contributed by atoms with van der Waals surface area (Å²) >= 11 is 2.21. The van der Waals surface area contributed by atoms with Crippen molar-refractivity contribution in [2.75, 3.05) is 25.3 Å². The molecule has 8 nitrogen and oxygen atoms in total. The van der Waals surface area contributed by atoms with Crippen LogP contribution in [0.5, 0.6) is 0 Å². The molecule has 0 aliphatic rings. The van der Waals surface area contributed by atoms with Crippen LogP contribution in [0.2, 0.25) is 0 Å². The number of anilines is 1. The number of esters is 2. The number of nitrogens with zero attached hydrogens (tertiary/aromatic N) is 1. The molecule has 0 unspecified atom stereocenters. The van der Waals surface area contributed by atoms with Crippen molar-refractivity contribution in [3.63, 3.8) is 0 Å². The highest BCUT2D eigenvalue weighted by Crippen LogP contribution is 2.34. The zero-order valence-electron chi connectivity index (χ0n) is 15.3. The van der Waals surface area contributed by atoms with Gasteiger partial charge in [0, 0.05) is 0 Å². The Morgan fingerprint density at radius 3 is 2.57 bits per heavy atom. The van der Waals surface area contributed by atoms with Gasteiger partial charge >= 0.3 is 11.9 Å². The third kappa shape index (κ3) is 4.02. The van der Waals surface area contributed by atoms with E-state index in [4.69, 9.17) is 9.47 Å². The van der Waals surface area contributed by atoms with Crippen molar-refractivity contribution in [2.24, 2.45) is 0 Å². The molecule has 3 aromatic rings. The first-order valence-electron chi connectivity index (χ1n) is 8.12. The molecule has 2 aromatic heterocycles. The number of ether oxygens (including phenoxy) is 2. The molecule has 28 heavy (non-hydrogen) atoms. The molecule has 10 heteroatoms. The molecule has 0 aliphatic carbocycles. The maximum Gasteiger partial charge on any atom is 0.348 e. The normalized spacial score (nSPS) is 10.7. The Hall–Kier alpha value is -2.85. The van der Waals surface area contributed by atoms with Crippen molar-refractivity contribution in [2.45, 2.75) is 12.1 Å². The van der Waals surface area contributed by atoms with E-state index in [2.05, 4.69) is 15.3 Å². The molecule has 0 saturated carbocycles. The van der Waals surface area contributed by atoms with Gasteiger partial charge in [-0.15, -0.1) is 11.3 Å². The zero-order valence-corrected chi connectivity index (χ0v) is 17.0. The first-order chi connectivity index (χ1) is 13.4. The highest BCUT2D eigenvalue weighted by atomic mass is 32.2. The van der Waals surface area contributed by atoms with Gasteiger partial charge in [-0.25, -0.2) is 14.6 Å². The summed E-state index contributed by atoms with van der Waals surface area (Å²) in [5, 5.41) is 3.54. The third-order valence-electron chi connectivity index (χ3n) is 3.87. The van der Waals surface area contributed by atoms with E-state index >= 15 is 0 Å². The molecule has 2 N–H and O–H groups in total. The number of nitrogens with one attached hydrogen (secondary N) is 2. The lowest BCUT2D eigenvalue weighted by molar-refractivity contribution is -0.113. The van der Waals surface area contributed by atoms with E-state index in [0.29, 0.717) is 10.7 Å². The number of benzene rings is 1. The van der Waals surface area contributed by atoms with Crippen LogP contribution in [0.15, 0.2) is 29.4 Å². The Morgan fingerprint density at radius 2 is 1.89 bits per heavy atom. The number of amides is 1. The summed E-state index contributed by atoms with van der Waals surface area (Å²) in [7, 11) is 2.49. The van der Waals surface area contributed by atoms with Crippen LogP contribution in [0.4, 0.5) is 5.00 Å². The van der Waals surface area contributed by atoms with Crippen molar-refractivity contribution < 1.29 is 23.9 Å². The largest absolute Gasteiger partial charge is 0.465 e. The van der Waals surface area contributed by atoms with E-state index in [9.17, 15) is 14.4 Å². The molecular weight excluding hydrogens is 402 g/mol. The number of imidazole rings is 1. The van der Waals surface area contributed by atoms with E-state index in [1.165, 1.54) is 26.0 Å². The summed E-state index contributed by atoms with van der Waals surface area (Å²) in [5.74, 6) is -1.48. The molecule has 0 atom stereocenters. The van der Waals surface area contributed by atoms with Gasteiger partial charge in [0.05, 0.1) is 36.6 Å². The van der Waals surface area contributed by atoms with Gasteiger partial charge in [0.2, 0.25) is 5.91 Å². The summed E-state index contributed by atoms with van der Waals surface area (Å²) in [6.45, 7) is 1.60. The molecule has 0 fully saturated rings. The number of methoxy groups -OCH3 is 2. The Labute approximate surface area is 168 Å². The van der Waals surface area contributed by atoms with E-state index in [-0.39, 0.29) is 27.1 Å². The van der Waals surface area contributed by atoms with Gasteiger partial charge < -0.3 is 19.8 Å². The van der Waals surface area contributed by atoms with Gasteiger partial charge in [-0.1, -0.05) is 23.9 Å². The number of hydrogen-bond acceptors (Lipinski definition) is 8. The lowest BCUT2D eigenvalue weighted by Crippen LogP contribution is -2.16. The zero-order chi connectivity index (χ0) is 20.3.